The molecule has 0 bridgehead atoms. The van der Waals surface area contributed by atoms with Crippen molar-refractivity contribution in [1.29, 1.82) is 0 Å². The zero-order valence-electron chi connectivity index (χ0n) is 16.7. The zero-order chi connectivity index (χ0) is 19.6. The number of piperidine rings is 1. The molecular weight excluding hydrogens is 370 g/mol. The lowest BCUT2D eigenvalue weighted by Gasteiger charge is -2.47. The van der Waals surface area contributed by atoms with Gasteiger partial charge in [0.25, 0.3) is 0 Å². The minimum absolute atomic E-state index is 0.132. The van der Waals surface area contributed by atoms with Crippen molar-refractivity contribution in [3.63, 3.8) is 0 Å². The van der Waals surface area contributed by atoms with Crippen molar-refractivity contribution in [2.75, 3.05) is 13.1 Å². The fourth-order valence-corrected chi connectivity index (χ4v) is 5.14. The molecule has 3 heterocycles. The van der Waals surface area contributed by atoms with Gasteiger partial charge in [0, 0.05) is 43.0 Å². The summed E-state index contributed by atoms with van der Waals surface area (Å²) in [6, 6.07) is 8.43. The smallest absolute Gasteiger partial charge is 0.220 e. The second kappa shape index (κ2) is 8.21. The van der Waals surface area contributed by atoms with E-state index in [2.05, 4.69) is 27.3 Å². The molecule has 1 spiro atoms. The molecule has 0 saturated carbocycles. The van der Waals surface area contributed by atoms with E-state index in [1.165, 1.54) is 10.6 Å². The number of ether oxygens (including phenoxy) is 1. The van der Waals surface area contributed by atoms with Crippen LogP contribution in [0.4, 0.5) is 0 Å². The van der Waals surface area contributed by atoms with Gasteiger partial charge >= 0.3 is 0 Å². The van der Waals surface area contributed by atoms with E-state index in [9.17, 15) is 4.79 Å². The average Bonchev–Trinajstić information content (AvgIpc) is 3.16. The number of thiazole rings is 1. The Morgan fingerprint density at radius 3 is 2.86 bits per heavy atom. The second-order valence-corrected chi connectivity index (χ2v) is 9.33. The van der Waals surface area contributed by atoms with Crippen molar-refractivity contribution in [3.8, 4) is 5.75 Å². The summed E-state index contributed by atoms with van der Waals surface area (Å²) in [4.78, 5) is 19.3. The van der Waals surface area contributed by atoms with E-state index in [0.717, 1.165) is 44.6 Å². The van der Waals surface area contributed by atoms with Crippen molar-refractivity contribution in [2.45, 2.75) is 63.6 Å². The van der Waals surface area contributed by atoms with Gasteiger partial charge in [-0.2, -0.15) is 0 Å². The van der Waals surface area contributed by atoms with Crippen molar-refractivity contribution >= 4 is 17.2 Å². The van der Waals surface area contributed by atoms with Gasteiger partial charge in [-0.3, -0.25) is 9.69 Å². The Kier molecular flexibility index (Phi) is 5.69. The Labute approximate surface area is 171 Å². The number of fused-ring (bicyclic) bond motifs is 1. The van der Waals surface area contributed by atoms with Crippen molar-refractivity contribution in [2.24, 2.45) is 0 Å². The minimum Gasteiger partial charge on any atom is -0.487 e. The van der Waals surface area contributed by atoms with Crippen molar-refractivity contribution < 1.29 is 9.53 Å². The highest BCUT2D eigenvalue weighted by Gasteiger charge is 2.43. The third-order valence-electron chi connectivity index (χ3n) is 5.79. The number of benzene rings is 1. The second-order valence-electron chi connectivity index (χ2n) is 8.35. The summed E-state index contributed by atoms with van der Waals surface area (Å²) in [5.74, 6) is 1.31. The first-order valence-electron chi connectivity index (χ1n) is 10.2. The van der Waals surface area contributed by atoms with Crippen LogP contribution >= 0.6 is 11.3 Å². The van der Waals surface area contributed by atoms with Crippen LogP contribution in [0.15, 0.2) is 35.8 Å². The summed E-state index contributed by atoms with van der Waals surface area (Å²) in [6.07, 6.45) is 5.31. The molecule has 1 aromatic carbocycles. The highest BCUT2D eigenvalue weighted by molar-refractivity contribution is 7.09. The zero-order valence-corrected chi connectivity index (χ0v) is 17.5. The van der Waals surface area contributed by atoms with Crippen LogP contribution in [0.25, 0.3) is 0 Å². The number of nitrogens with one attached hydrogen (secondary N) is 1. The fraction of sp³-hybridized carbons (Fsp3) is 0.545. The van der Waals surface area contributed by atoms with Crippen LogP contribution < -0.4 is 10.1 Å². The lowest BCUT2D eigenvalue weighted by atomic mass is 9.76. The van der Waals surface area contributed by atoms with Crippen LogP contribution in [0, 0.1) is 0 Å². The molecule has 4 rings (SSSR count). The summed E-state index contributed by atoms with van der Waals surface area (Å²) in [6.45, 7) is 6.95. The van der Waals surface area contributed by atoms with E-state index in [-0.39, 0.29) is 23.5 Å². The number of amides is 1. The fourth-order valence-electron chi connectivity index (χ4n) is 4.48. The molecule has 1 N–H and O–H groups in total. The molecule has 1 unspecified atom stereocenters. The number of likely N-dealkylation sites (tertiary alicyclic amines) is 1. The number of para-hydroxylation sites is 1. The summed E-state index contributed by atoms with van der Waals surface area (Å²) in [5, 5.41) is 6.26. The van der Waals surface area contributed by atoms with Gasteiger partial charge in [-0.1, -0.05) is 18.2 Å². The van der Waals surface area contributed by atoms with Crippen molar-refractivity contribution in [3.05, 3.63) is 46.4 Å². The Balaban J connectivity index is 1.46. The Bertz CT molecular complexity index is 798. The molecule has 0 aliphatic carbocycles. The minimum atomic E-state index is -0.156. The maximum atomic E-state index is 12.5. The van der Waals surface area contributed by atoms with E-state index in [0.29, 0.717) is 6.42 Å². The number of rotatable bonds is 5. The number of carbonyl (C=O) groups is 1. The molecule has 1 fully saturated rings. The Morgan fingerprint density at radius 1 is 1.36 bits per heavy atom. The molecule has 28 heavy (non-hydrogen) atoms. The van der Waals surface area contributed by atoms with Gasteiger partial charge in [0.15, 0.2) is 0 Å². The van der Waals surface area contributed by atoms with E-state index in [1.54, 1.807) is 11.3 Å². The van der Waals surface area contributed by atoms with Crippen LogP contribution in [0.2, 0.25) is 0 Å². The maximum absolute atomic E-state index is 12.5. The topological polar surface area (TPSA) is 54.5 Å². The number of carbonyl (C=O) groups excluding carboxylic acids is 1. The molecule has 2 aliphatic rings. The molecule has 1 saturated heterocycles. The van der Waals surface area contributed by atoms with Crippen molar-refractivity contribution in [1.82, 2.24) is 15.2 Å². The first kappa shape index (κ1) is 19.4. The predicted octanol–water partition coefficient (Wildman–Crippen LogP) is 3.96. The lowest BCUT2D eigenvalue weighted by Crippen LogP contribution is -2.50. The molecular formula is C22H29N3O2S. The largest absolute Gasteiger partial charge is 0.487 e. The number of hydrogen-bond acceptors (Lipinski definition) is 5. The van der Waals surface area contributed by atoms with Crippen LogP contribution in [-0.2, 0) is 11.3 Å². The molecule has 150 valence electrons. The third-order valence-corrected chi connectivity index (χ3v) is 6.56. The van der Waals surface area contributed by atoms with E-state index in [1.807, 2.05) is 37.6 Å². The third kappa shape index (κ3) is 4.39. The van der Waals surface area contributed by atoms with E-state index in [4.69, 9.17) is 4.74 Å². The van der Waals surface area contributed by atoms with Gasteiger partial charge in [0.2, 0.25) is 5.91 Å². The number of nitrogens with zero attached hydrogens (tertiary/aromatic N) is 2. The molecule has 1 amide bonds. The van der Waals surface area contributed by atoms with Gasteiger partial charge in [0.05, 0.1) is 6.54 Å². The first-order valence-corrected chi connectivity index (χ1v) is 11.1. The molecule has 2 aromatic rings. The quantitative estimate of drug-likeness (QED) is 0.827. The molecule has 6 heteroatoms. The van der Waals surface area contributed by atoms with Gasteiger partial charge in [-0.15, -0.1) is 11.3 Å². The van der Waals surface area contributed by atoms with Crippen LogP contribution in [0.1, 0.15) is 56.0 Å². The van der Waals surface area contributed by atoms with Gasteiger partial charge in [0.1, 0.15) is 16.4 Å². The standard InChI is InChI=1S/C22H29N3O2S/c1-16(2)24-20(26)13-17-14-22(27-19-6-4-3-5-18(17)19)7-10-25(11-8-22)15-21-23-9-12-28-21/h3-6,9,12,16-17H,7-8,10-11,13-15H2,1-2H3,(H,24,26). The highest BCUT2D eigenvalue weighted by atomic mass is 32.1. The Hall–Kier alpha value is -1.92. The summed E-state index contributed by atoms with van der Waals surface area (Å²) in [7, 11) is 0. The number of hydrogen-bond donors (Lipinski definition) is 1. The van der Waals surface area contributed by atoms with E-state index < -0.39 is 0 Å². The summed E-state index contributed by atoms with van der Waals surface area (Å²) in [5.41, 5.74) is 1.02. The van der Waals surface area contributed by atoms with Gasteiger partial charge < -0.3 is 10.1 Å². The molecule has 1 atom stereocenters. The summed E-state index contributed by atoms with van der Waals surface area (Å²) < 4.78 is 6.57. The van der Waals surface area contributed by atoms with Gasteiger partial charge in [-0.05, 0) is 44.7 Å². The van der Waals surface area contributed by atoms with Crippen LogP contribution in [0.3, 0.4) is 0 Å². The highest BCUT2D eigenvalue weighted by Crippen LogP contribution is 2.46. The predicted molar refractivity (Wildman–Crippen MR) is 112 cm³/mol. The Morgan fingerprint density at radius 2 is 2.14 bits per heavy atom. The molecule has 2 aliphatic heterocycles. The first-order chi connectivity index (χ1) is 13.5. The van der Waals surface area contributed by atoms with Crippen LogP contribution in [0.5, 0.6) is 5.75 Å². The summed E-state index contributed by atoms with van der Waals surface area (Å²) >= 11 is 1.72. The molecule has 0 radical (unpaired) electrons. The number of aromatic nitrogens is 1. The van der Waals surface area contributed by atoms with E-state index >= 15 is 0 Å². The molecule has 5 nitrogen and oxygen atoms in total. The van der Waals surface area contributed by atoms with Gasteiger partial charge in [-0.25, -0.2) is 4.98 Å². The SMILES string of the molecule is CC(C)NC(=O)CC1CC2(CCN(Cc3nccs3)CC2)Oc2ccccc21. The van der Waals surface area contributed by atoms with Crippen LogP contribution in [-0.4, -0.2) is 40.5 Å². The maximum Gasteiger partial charge on any atom is 0.220 e. The lowest BCUT2D eigenvalue weighted by molar-refractivity contribution is -0.122. The average molecular weight is 400 g/mol. The monoisotopic (exact) mass is 399 g/mol. The normalized spacial score (nSPS) is 21.3. The molecule has 1 aromatic heterocycles.